The van der Waals surface area contributed by atoms with Gasteiger partial charge in [0.2, 0.25) is 5.91 Å². The van der Waals surface area contributed by atoms with Crippen LogP contribution in [-0.4, -0.2) is 61.9 Å². The molecule has 0 aliphatic carbocycles. The number of methoxy groups -OCH3 is 1. The summed E-state index contributed by atoms with van der Waals surface area (Å²) in [5.41, 5.74) is 1.33. The summed E-state index contributed by atoms with van der Waals surface area (Å²) in [6.45, 7) is 2.85. The van der Waals surface area contributed by atoms with E-state index in [1.807, 2.05) is 48.5 Å². The van der Waals surface area contributed by atoms with Crippen molar-refractivity contribution in [3.05, 3.63) is 60.3 Å². The fraction of sp³-hybridized carbons (Fsp3) is 0.393. The predicted octanol–water partition coefficient (Wildman–Crippen LogP) is 3.23. The van der Waals surface area contributed by atoms with Crippen molar-refractivity contribution in [3.8, 4) is 11.5 Å². The third-order valence-electron chi connectivity index (χ3n) is 7.34. The number of ether oxygens (including phenoxy) is 3. The number of amides is 2. The maximum Gasteiger partial charge on any atom is 0.254 e. The number of hydrogen-bond donors (Lipinski definition) is 2. The Bertz CT molecular complexity index is 1310. The molecule has 38 heavy (non-hydrogen) atoms. The standard InChI is InChI=1S/C28H32N4O5.ClH/c1-18(29-2)26(33)31-25-27(34)32(17-20-19-8-4-5-9-21(19)30-16-24(20)35-3)22-10-6-7-11-23(22)37-28(25)12-14-36-15-13-28;/h4-11,16,18,25,29H,12-15,17H2,1-3H3,(H,31,33);1H/t18-,25+;/m0./s1. The number of carbonyl (C=O) groups excluding carboxylic acids is 2. The molecule has 0 saturated carbocycles. The van der Waals surface area contributed by atoms with E-state index < -0.39 is 17.7 Å². The zero-order chi connectivity index (χ0) is 26.0. The lowest BCUT2D eigenvalue weighted by atomic mass is 9.84. The second kappa shape index (κ2) is 11.6. The number of para-hydroxylation sites is 3. The molecule has 1 aromatic heterocycles. The zero-order valence-corrected chi connectivity index (χ0v) is 22.5. The molecule has 9 nitrogen and oxygen atoms in total. The summed E-state index contributed by atoms with van der Waals surface area (Å²) in [6, 6.07) is 13.9. The van der Waals surface area contributed by atoms with Gasteiger partial charge in [0.15, 0.2) is 0 Å². The Morgan fingerprint density at radius 1 is 1.18 bits per heavy atom. The van der Waals surface area contributed by atoms with E-state index in [4.69, 9.17) is 14.2 Å². The van der Waals surface area contributed by atoms with Gasteiger partial charge in [0.1, 0.15) is 23.1 Å². The van der Waals surface area contributed by atoms with Crippen molar-refractivity contribution in [1.29, 1.82) is 0 Å². The van der Waals surface area contributed by atoms with Gasteiger partial charge in [0.05, 0.1) is 50.3 Å². The number of pyridine rings is 1. The van der Waals surface area contributed by atoms with E-state index in [2.05, 4.69) is 15.6 Å². The minimum atomic E-state index is -0.937. The van der Waals surface area contributed by atoms with E-state index in [0.29, 0.717) is 43.2 Å². The Balaban J connectivity index is 0.00000336. The van der Waals surface area contributed by atoms with Crippen LogP contribution in [0.2, 0.25) is 0 Å². The van der Waals surface area contributed by atoms with Crippen molar-refractivity contribution in [2.24, 2.45) is 0 Å². The second-order valence-corrected chi connectivity index (χ2v) is 9.45. The Labute approximate surface area is 228 Å². The lowest BCUT2D eigenvalue weighted by molar-refractivity contribution is -0.138. The van der Waals surface area contributed by atoms with Crippen LogP contribution >= 0.6 is 12.4 Å². The highest BCUT2D eigenvalue weighted by Crippen LogP contribution is 2.42. The van der Waals surface area contributed by atoms with Crippen LogP contribution in [0.1, 0.15) is 25.3 Å². The molecular weight excluding hydrogens is 508 g/mol. The van der Waals surface area contributed by atoms with Gasteiger partial charge in [-0.15, -0.1) is 12.4 Å². The number of nitrogens with zero attached hydrogens (tertiary/aromatic N) is 2. The Kier molecular flexibility index (Phi) is 8.40. The highest BCUT2D eigenvalue weighted by molar-refractivity contribution is 6.03. The topological polar surface area (TPSA) is 102 Å². The number of fused-ring (bicyclic) bond motifs is 2. The summed E-state index contributed by atoms with van der Waals surface area (Å²) in [5.74, 6) is 0.660. The normalized spacial score (nSPS) is 19.1. The molecule has 5 rings (SSSR count). The van der Waals surface area contributed by atoms with Gasteiger partial charge < -0.3 is 29.7 Å². The van der Waals surface area contributed by atoms with Gasteiger partial charge in [0.25, 0.3) is 5.91 Å². The van der Waals surface area contributed by atoms with Crippen LogP contribution in [0.25, 0.3) is 10.9 Å². The van der Waals surface area contributed by atoms with Crippen LogP contribution in [0.5, 0.6) is 11.5 Å². The van der Waals surface area contributed by atoms with E-state index in [1.165, 1.54) is 0 Å². The van der Waals surface area contributed by atoms with Crippen LogP contribution in [0.3, 0.4) is 0 Å². The van der Waals surface area contributed by atoms with Crippen molar-refractivity contribution >= 4 is 40.8 Å². The number of rotatable bonds is 6. The van der Waals surface area contributed by atoms with Gasteiger partial charge in [-0.1, -0.05) is 30.3 Å². The van der Waals surface area contributed by atoms with E-state index >= 15 is 0 Å². The first-order chi connectivity index (χ1) is 18.0. The smallest absolute Gasteiger partial charge is 0.254 e. The molecular formula is C28H33ClN4O5. The highest BCUT2D eigenvalue weighted by Gasteiger charge is 2.51. The minimum absolute atomic E-state index is 0. The molecule has 2 aliphatic rings. The van der Waals surface area contributed by atoms with Gasteiger partial charge >= 0.3 is 0 Å². The van der Waals surface area contributed by atoms with Gasteiger partial charge in [-0.2, -0.15) is 0 Å². The lowest BCUT2D eigenvalue weighted by Gasteiger charge is -2.41. The number of hydrogen-bond acceptors (Lipinski definition) is 7. The Morgan fingerprint density at radius 2 is 1.89 bits per heavy atom. The largest absolute Gasteiger partial charge is 0.495 e. The van der Waals surface area contributed by atoms with Gasteiger partial charge in [0, 0.05) is 23.8 Å². The van der Waals surface area contributed by atoms with Gasteiger partial charge in [-0.05, 0) is 32.2 Å². The van der Waals surface area contributed by atoms with Crippen molar-refractivity contribution < 1.29 is 23.8 Å². The minimum Gasteiger partial charge on any atom is -0.495 e. The van der Waals surface area contributed by atoms with Crippen LogP contribution in [0, 0.1) is 0 Å². The molecule has 1 spiro atoms. The first-order valence-electron chi connectivity index (χ1n) is 12.5. The maximum absolute atomic E-state index is 14.5. The van der Waals surface area contributed by atoms with Crippen molar-refractivity contribution in [2.75, 3.05) is 32.3 Å². The van der Waals surface area contributed by atoms with Crippen LogP contribution in [-0.2, 0) is 20.9 Å². The van der Waals surface area contributed by atoms with Gasteiger partial charge in [-0.25, -0.2) is 0 Å². The number of aromatic nitrogens is 1. The number of nitrogens with one attached hydrogen (secondary N) is 2. The molecule has 0 unspecified atom stereocenters. The summed E-state index contributed by atoms with van der Waals surface area (Å²) in [5, 5.41) is 6.86. The molecule has 202 valence electrons. The molecule has 3 aromatic rings. The van der Waals surface area contributed by atoms with E-state index in [9.17, 15) is 9.59 Å². The lowest BCUT2D eigenvalue weighted by Crippen LogP contribution is -2.65. The molecule has 1 saturated heterocycles. The number of carbonyl (C=O) groups is 2. The summed E-state index contributed by atoms with van der Waals surface area (Å²) in [4.78, 5) is 33.8. The van der Waals surface area contributed by atoms with Crippen molar-refractivity contribution in [1.82, 2.24) is 15.6 Å². The average molecular weight is 541 g/mol. The monoisotopic (exact) mass is 540 g/mol. The predicted molar refractivity (Wildman–Crippen MR) is 147 cm³/mol. The summed E-state index contributed by atoms with van der Waals surface area (Å²) in [7, 11) is 3.30. The number of anilines is 1. The third kappa shape index (κ3) is 5.01. The maximum atomic E-state index is 14.5. The quantitative estimate of drug-likeness (QED) is 0.495. The van der Waals surface area contributed by atoms with Crippen molar-refractivity contribution in [3.63, 3.8) is 0 Å². The fourth-order valence-corrected chi connectivity index (χ4v) is 5.08. The average Bonchev–Trinajstić information content (AvgIpc) is 3.02. The summed E-state index contributed by atoms with van der Waals surface area (Å²) >= 11 is 0. The molecule has 10 heteroatoms. The number of halogens is 1. The SMILES string of the molecule is CN[C@@H](C)C(=O)N[C@@H]1C(=O)N(Cc2c(OC)cnc3ccccc23)c2ccccc2OC12CCOCC2.Cl. The molecule has 0 radical (unpaired) electrons. The van der Waals surface area contributed by atoms with Gasteiger partial charge in [-0.3, -0.25) is 14.6 Å². The molecule has 1 fully saturated rings. The van der Waals surface area contributed by atoms with Crippen LogP contribution in [0.4, 0.5) is 5.69 Å². The molecule has 2 amide bonds. The first kappa shape index (κ1) is 27.6. The van der Waals surface area contributed by atoms with Crippen molar-refractivity contribution in [2.45, 2.75) is 44.0 Å². The highest BCUT2D eigenvalue weighted by atomic mass is 35.5. The number of likely N-dealkylation sites (N-methyl/N-ethyl adjacent to an activating group) is 1. The molecule has 2 aliphatic heterocycles. The molecule has 3 heterocycles. The second-order valence-electron chi connectivity index (χ2n) is 9.45. The number of benzene rings is 2. The van der Waals surface area contributed by atoms with E-state index in [1.54, 1.807) is 32.2 Å². The third-order valence-corrected chi connectivity index (χ3v) is 7.34. The molecule has 0 bridgehead atoms. The molecule has 2 N–H and O–H groups in total. The molecule has 2 aromatic carbocycles. The zero-order valence-electron chi connectivity index (χ0n) is 21.7. The summed E-state index contributed by atoms with van der Waals surface area (Å²) < 4.78 is 18.0. The Morgan fingerprint density at radius 3 is 2.63 bits per heavy atom. The Hall–Kier alpha value is -3.40. The van der Waals surface area contributed by atoms with Crippen LogP contribution in [0.15, 0.2) is 54.7 Å². The van der Waals surface area contributed by atoms with Crippen LogP contribution < -0.4 is 25.0 Å². The fourth-order valence-electron chi connectivity index (χ4n) is 5.08. The first-order valence-corrected chi connectivity index (χ1v) is 12.5. The molecule has 2 atom stereocenters. The van der Waals surface area contributed by atoms with E-state index in [-0.39, 0.29) is 30.8 Å². The summed E-state index contributed by atoms with van der Waals surface area (Å²) in [6.07, 6.45) is 2.62. The van der Waals surface area contributed by atoms with E-state index in [0.717, 1.165) is 16.5 Å².